The van der Waals surface area contributed by atoms with Gasteiger partial charge in [-0.1, -0.05) is 25.5 Å². The van der Waals surface area contributed by atoms with Gasteiger partial charge in [-0.2, -0.15) is 10.1 Å². The van der Waals surface area contributed by atoms with E-state index in [1.807, 2.05) is 30.0 Å². The van der Waals surface area contributed by atoms with Crippen LogP contribution in [-0.2, 0) is 4.79 Å². The summed E-state index contributed by atoms with van der Waals surface area (Å²) in [5, 5.41) is 13.6. The first-order valence-corrected chi connectivity index (χ1v) is 12.0. The Balaban J connectivity index is 1.41. The van der Waals surface area contributed by atoms with Crippen molar-refractivity contribution < 1.29 is 14.3 Å². The van der Waals surface area contributed by atoms with Crippen molar-refractivity contribution in [1.82, 2.24) is 25.1 Å². The van der Waals surface area contributed by atoms with Gasteiger partial charge in [-0.25, -0.2) is 5.43 Å². The van der Waals surface area contributed by atoms with Crippen LogP contribution in [0.15, 0.2) is 41.5 Å². The zero-order valence-electron chi connectivity index (χ0n) is 21.0. The fraction of sp³-hybridized carbons (Fsp3) is 0.346. The number of carbonyl (C=O) groups excluding carboxylic acids is 1. The van der Waals surface area contributed by atoms with Gasteiger partial charge in [0, 0.05) is 24.0 Å². The first-order valence-electron chi connectivity index (χ1n) is 12.0. The molecule has 4 rings (SSSR count). The van der Waals surface area contributed by atoms with E-state index in [-0.39, 0.29) is 18.5 Å². The van der Waals surface area contributed by atoms with Gasteiger partial charge < -0.3 is 19.4 Å². The molecule has 0 atom stereocenters. The number of carbonyl (C=O) groups is 1. The van der Waals surface area contributed by atoms with Crippen molar-refractivity contribution in [2.45, 2.75) is 33.6 Å². The normalized spacial score (nSPS) is 11.3. The number of aromatic amines is 1. The fourth-order valence-electron chi connectivity index (χ4n) is 3.91. The molecule has 0 aliphatic rings. The second kappa shape index (κ2) is 11.5. The van der Waals surface area contributed by atoms with Crippen molar-refractivity contribution >= 4 is 40.1 Å². The second-order valence-electron chi connectivity index (χ2n) is 8.46. The average Bonchev–Trinajstić information content (AvgIpc) is 3.24. The van der Waals surface area contributed by atoms with Crippen LogP contribution < -0.4 is 14.9 Å². The lowest BCUT2D eigenvalue weighted by atomic mass is 10.2. The maximum Gasteiger partial charge on any atom is 0.265 e. The predicted molar refractivity (Wildman–Crippen MR) is 141 cm³/mol. The number of amides is 1. The minimum Gasteiger partial charge on any atom is -0.493 e. The molecule has 10 heteroatoms. The lowest BCUT2D eigenvalue weighted by Crippen LogP contribution is -2.36. The van der Waals surface area contributed by atoms with Crippen LogP contribution in [0.4, 0.5) is 5.95 Å². The van der Waals surface area contributed by atoms with Crippen molar-refractivity contribution in [3.63, 3.8) is 0 Å². The van der Waals surface area contributed by atoms with Gasteiger partial charge in [-0.05, 0) is 55.7 Å². The monoisotopic (exact) mass is 489 g/mol. The summed E-state index contributed by atoms with van der Waals surface area (Å²) >= 11 is 0. The Bertz CT molecular complexity index is 1380. The molecule has 188 valence electrons. The SMILES string of the molecule is CCCN(CCC)C(=O)COc1ccc(/C=N/Nc2nnc3c(n2)[nH]c2ccc(C)cc23)cc1OC. The summed E-state index contributed by atoms with van der Waals surface area (Å²) in [6, 6.07) is 11.5. The van der Waals surface area contributed by atoms with E-state index in [1.165, 1.54) is 0 Å². The zero-order chi connectivity index (χ0) is 25.5. The Morgan fingerprint density at radius 2 is 1.92 bits per heavy atom. The van der Waals surface area contributed by atoms with Gasteiger partial charge in [0.15, 0.2) is 23.8 Å². The number of nitrogens with one attached hydrogen (secondary N) is 2. The number of methoxy groups -OCH3 is 1. The van der Waals surface area contributed by atoms with Crippen LogP contribution in [0.5, 0.6) is 11.5 Å². The van der Waals surface area contributed by atoms with Crippen LogP contribution in [0.25, 0.3) is 22.1 Å². The molecule has 36 heavy (non-hydrogen) atoms. The number of H-pyrrole nitrogens is 1. The fourth-order valence-corrected chi connectivity index (χ4v) is 3.91. The lowest BCUT2D eigenvalue weighted by molar-refractivity contribution is -0.133. The van der Waals surface area contributed by atoms with E-state index in [0.717, 1.165) is 53.5 Å². The quantitative estimate of drug-likeness (QED) is 0.238. The van der Waals surface area contributed by atoms with E-state index < -0.39 is 0 Å². The number of hydrazone groups is 1. The first-order chi connectivity index (χ1) is 17.5. The molecular weight excluding hydrogens is 458 g/mol. The third-order valence-corrected chi connectivity index (χ3v) is 5.63. The van der Waals surface area contributed by atoms with Crippen molar-refractivity contribution in [3.8, 4) is 11.5 Å². The maximum atomic E-state index is 12.5. The zero-order valence-corrected chi connectivity index (χ0v) is 21.0. The molecule has 4 aromatic rings. The molecule has 0 unspecified atom stereocenters. The highest BCUT2D eigenvalue weighted by molar-refractivity contribution is 6.03. The van der Waals surface area contributed by atoms with Gasteiger partial charge in [0.25, 0.3) is 11.9 Å². The third-order valence-electron chi connectivity index (χ3n) is 5.63. The Labute approximate surface area is 209 Å². The highest BCUT2D eigenvalue weighted by Gasteiger charge is 2.14. The molecule has 2 N–H and O–H groups in total. The van der Waals surface area contributed by atoms with Gasteiger partial charge in [0.05, 0.1) is 13.3 Å². The largest absolute Gasteiger partial charge is 0.493 e. The summed E-state index contributed by atoms with van der Waals surface area (Å²) in [4.78, 5) is 22.0. The van der Waals surface area contributed by atoms with Gasteiger partial charge in [-0.15, -0.1) is 10.2 Å². The Kier molecular flexibility index (Phi) is 7.94. The van der Waals surface area contributed by atoms with Crippen molar-refractivity contribution in [2.24, 2.45) is 5.10 Å². The molecule has 0 aliphatic heterocycles. The molecule has 0 fully saturated rings. The Morgan fingerprint density at radius 3 is 2.67 bits per heavy atom. The maximum absolute atomic E-state index is 12.5. The number of aromatic nitrogens is 4. The highest BCUT2D eigenvalue weighted by atomic mass is 16.5. The van der Waals surface area contributed by atoms with Crippen LogP contribution in [0.3, 0.4) is 0 Å². The molecule has 0 aliphatic carbocycles. The molecule has 2 aromatic carbocycles. The summed E-state index contributed by atoms with van der Waals surface area (Å²) in [6.45, 7) is 7.55. The molecule has 0 saturated heterocycles. The minimum atomic E-state index is -0.0362. The van der Waals surface area contributed by atoms with Crippen molar-refractivity contribution in [2.75, 3.05) is 32.2 Å². The Hall–Kier alpha value is -4.21. The number of nitrogens with zero attached hydrogens (tertiary/aromatic N) is 5. The molecule has 0 saturated carbocycles. The number of hydrogen-bond donors (Lipinski definition) is 2. The topological polar surface area (TPSA) is 118 Å². The molecule has 0 spiro atoms. The average molecular weight is 490 g/mol. The van der Waals surface area contributed by atoms with Gasteiger partial charge in [0.1, 0.15) is 5.52 Å². The number of ether oxygens (including phenoxy) is 2. The van der Waals surface area contributed by atoms with Gasteiger partial charge >= 0.3 is 0 Å². The smallest absolute Gasteiger partial charge is 0.265 e. The number of rotatable bonds is 11. The number of anilines is 1. The number of hydrogen-bond acceptors (Lipinski definition) is 8. The molecule has 10 nitrogen and oxygen atoms in total. The minimum absolute atomic E-state index is 0.0359. The first kappa shape index (κ1) is 24.9. The van der Waals surface area contributed by atoms with Gasteiger partial charge in [0.2, 0.25) is 0 Å². The van der Waals surface area contributed by atoms with Crippen molar-refractivity contribution in [1.29, 1.82) is 0 Å². The van der Waals surface area contributed by atoms with Gasteiger partial charge in [-0.3, -0.25) is 4.79 Å². The number of fused-ring (bicyclic) bond motifs is 3. The van der Waals surface area contributed by atoms with E-state index in [9.17, 15) is 4.79 Å². The standard InChI is InChI=1S/C26H31N7O3/c1-5-11-33(12-6-2)23(34)16-36-21-10-8-18(14-22(21)35-4)15-27-31-26-29-25-24(30-32-26)19-13-17(3)7-9-20(19)28-25/h7-10,13-15H,5-6,11-12,16H2,1-4H3,(H2,28,29,31,32)/b27-15+. The molecule has 0 bridgehead atoms. The summed E-state index contributed by atoms with van der Waals surface area (Å²) < 4.78 is 11.2. The summed E-state index contributed by atoms with van der Waals surface area (Å²) in [7, 11) is 1.56. The van der Waals surface area contributed by atoms with Crippen molar-refractivity contribution in [3.05, 3.63) is 47.5 Å². The van der Waals surface area contributed by atoms with Crippen LogP contribution in [-0.4, -0.2) is 64.0 Å². The molecule has 2 aromatic heterocycles. The van der Waals surface area contributed by atoms with E-state index in [1.54, 1.807) is 25.5 Å². The third kappa shape index (κ3) is 5.70. The summed E-state index contributed by atoms with van der Waals surface area (Å²) in [5.41, 5.74) is 7.04. The second-order valence-corrected chi connectivity index (χ2v) is 8.46. The Morgan fingerprint density at radius 1 is 1.11 bits per heavy atom. The number of aryl methyl sites for hydroxylation is 1. The molecule has 0 radical (unpaired) electrons. The van der Waals surface area contributed by atoms with Crippen LogP contribution in [0.2, 0.25) is 0 Å². The molecule has 1 amide bonds. The van der Waals surface area contributed by atoms with Crippen LogP contribution in [0.1, 0.15) is 37.8 Å². The molecule has 2 heterocycles. The van der Waals surface area contributed by atoms with E-state index in [0.29, 0.717) is 17.1 Å². The summed E-state index contributed by atoms with van der Waals surface area (Å²) in [6.07, 6.45) is 3.44. The number of benzene rings is 2. The lowest BCUT2D eigenvalue weighted by Gasteiger charge is -2.21. The van der Waals surface area contributed by atoms with Crippen LogP contribution in [0, 0.1) is 6.92 Å². The van der Waals surface area contributed by atoms with E-state index >= 15 is 0 Å². The van der Waals surface area contributed by atoms with Crippen LogP contribution >= 0.6 is 0 Å². The summed E-state index contributed by atoms with van der Waals surface area (Å²) in [5.74, 6) is 1.25. The van der Waals surface area contributed by atoms with E-state index in [2.05, 4.69) is 50.6 Å². The highest BCUT2D eigenvalue weighted by Crippen LogP contribution is 2.28. The predicted octanol–water partition coefficient (Wildman–Crippen LogP) is 4.30. The van der Waals surface area contributed by atoms with E-state index in [4.69, 9.17) is 9.47 Å². The molecular formula is C26H31N7O3.